The van der Waals surface area contributed by atoms with Gasteiger partial charge in [0.25, 0.3) is 11.5 Å². The quantitative estimate of drug-likeness (QED) is 0.533. The van der Waals surface area contributed by atoms with Gasteiger partial charge in [-0.3, -0.25) is 23.5 Å². The van der Waals surface area contributed by atoms with Crippen LogP contribution < -0.4 is 16.6 Å². The van der Waals surface area contributed by atoms with E-state index in [2.05, 4.69) is 10.3 Å². The molecule has 1 aromatic carbocycles. The molecule has 10 nitrogen and oxygen atoms in total. The van der Waals surface area contributed by atoms with Gasteiger partial charge in [-0.2, -0.15) is 0 Å². The number of nitrogens with zero attached hydrogens (tertiary/aromatic N) is 4. The Kier molecular flexibility index (Phi) is 6.75. The Labute approximate surface area is 192 Å². The van der Waals surface area contributed by atoms with Crippen LogP contribution in [0, 0.1) is 0 Å². The second-order valence-electron chi connectivity index (χ2n) is 7.28. The van der Waals surface area contributed by atoms with Crippen LogP contribution in [-0.2, 0) is 35.0 Å². The average molecular weight is 482 g/mol. The van der Waals surface area contributed by atoms with Gasteiger partial charge >= 0.3 is 11.7 Å². The van der Waals surface area contributed by atoms with E-state index in [1.165, 1.54) is 36.5 Å². The number of amides is 1. The molecule has 0 aliphatic heterocycles. The van der Waals surface area contributed by atoms with Crippen molar-refractivity contribution in [1.82, 2.24) is 24.0 Å². The summed E-state index contributed by atoms with van der Waals surface area (Å²) in [4.78, 5) is 53.4. The van der Waals surface area contributed by atoms with Crippen molar-refractivity contribution in [2.24, 2.45) is 14.1 Å². The van der Waals surface area contributed by atoms with Crippen LogP contribution in [0.2, 0.25) is 10.0 Å². The molecule has 1 amide bonds. The molecule has 0 saturated carbocycles. The Morgan fingerprint density at radius 1 is 1.16 bits per heavy atom. The summed E-state index contributed by atoms with van der Waals surface area (Å²) in [7, 11) is 2.81. The molecule has 0 saturated heterocycles. The molecule has 32 heavy (non-hydrogen) atoms. The lowest BCUT2D eigenvalue weighted by Gasteiger charge is -2.19. The first-order valence-corrected chi connectivity index (χ1v) is 10.3. The van der Waals surface area contributed by atoms with E-state index in [1.807, 2.05) is 0 Å². The predicted octanol–water partition coefficient (Wildman–Crippen LogP) is 1.55. The molecule has 0 unspecified atom stereocenters. The van der Waals surface area contributed by atoms with Crippen molar-refractivity contribution in [3.63, 3.8) is 0 Å². The Morgan fingerprint density at radius 3 is 2.50 bits per heavy atom. The van der Waals surface area contributed by atoms with Gasteiger partial charge in [-0.1, -0.05) is 29.3 Å². The van der Waals surface area contributed by atoms with E-state index in [4.69, 9.17) is 27.9 Å². The van der Waals surface area contributed by atoms with E-state index >= 15 is 0 Å². The minimum atomic E-state index is -1.10. The van der Waals surface area contributed by atoms with Gasteiger partial charge in [0.1, 0.15) is 6.54 Å². The second kappa shape index (κ2) is 9.17. The monoisotopic (exact) mass is 481 g/mol. The van der Waals surface area contributed by atoms with Gasteiger partial charge in [0, 0.05) is 24.1 Å². The first-order chi connectivity index (χ1) is 15.0. The van der Waals surface area contributed by atoms with Gasteiger partial charge in [0.15, 0.2) is 17.3 Å². The highest BCUT2D eigenvalue weighted by Crippen LogP contribution is 2.26. The third-order valence-corrected chi connectivity index (χ3v) is 5.54. The summed E-state index contributed by atoms with van der Waals surface area (Å²) in [6.07, 6.45) is 0.167. The molecule has 1 N–H and O–H groups in total. The number of imidazole rings is 1. The maximum Gasteiger partial charge on any atom is 0.332 e. The van der Waals surface area contributed by atoms with Crippen molar-refractivity contribution in [3.05, 3.63) is 61.0 Å². The van der Waals surface area contributed by atoms with Crippen molar-refractivity contribution in [2.75, 3.05) is 0 Å². The number of esters is 1. The molecule has 0 fully saturated rings. The first kappa shape index (κ1) is 23.6. The van der Waals surface area contributed by atoms with Crippen molar-refractivity contribution >= 4 is 46.2 Å². The average Bonchev–Trinajstić information content (AvgIpc) is 3.13. The van der Waals surface area contributed by atoms with Gasteiger partial charge < -0.3 is 14.6 Å². The minimum Gasteiger partial charge on any atom is -0.451 e. The number of hydrogen-bond acceptors (Lipinski definition) is 6. The molecule has 3 aromatic rings. The zero-order valence-corrected chi connectivity index (χ0v) is 19.3. The first-order valence-electron chi connectivity index (χ1n) is 9.57. The number of nitrogens with one attached hydrogen (secondary N) is 1. The summed E-state index contributed by atoms with van der Waals surface area (Å²) in [6, 6.07) is 4.48. The highest BCUT2D eigenvalue weighted by Gasteiger charge is 2.22. The maximum absolute atomic E-state index is 12.5. The van der Waals surface area contributed by atoms with E-state index in [1.54, 1.807) is 25.1 Å². The van der Waals surface area contributed by atoms with Gasteiger partial charge in [-0.15, -0.1) is 0 Å². The van der Waals surface area contributed by atoms with E-state index in [9.17, 15) is 19.2 Å². The fourth-order valence-electron chi connectivity index (χ4n) is 3.21. The molecule has 3 rings (SSSR count). The molecular formula is C20H21Cl2N5O5. The minimum absolute atomic E-state index is 0.0784. The van der Waals surface area contributed by atoms with Crippen LogP contribution in [-0.4, -0.2) is 36.7 Å². The molecule has 170 valence electrons. The fourth-order valence-corrected chi connectivity index (χ4v) is 3.78. The predicted molar refractivity (Wildman–Crippen MR) is 119 cm³/mol. The number of hydrogen-bond donors (Lipinski definition) is 1. The van der Waals surface area contributed by atoms with Crippen LogP contribution in [0.15, 0.2) is 34.1 Å². The van der Waals surface area contributed by atoms with Gasteiger partial charge in [-0.05, 0) is 31.5 Å². The molecule has 12 heteroatoms. The van der Waals surface area contributed by atoms with E-state index in [-0.39, 0.29) is 17.7 Å². The zero-order valence-electron chi connectivity index (χ0n) is 17.8. The van der Waals surface area contributed by atoms with Gasteiger partial charge in [0.2, 0.25) is 0 Å². The Balaban J connectivity index is 1.69. The number of halogens is 2. The molecular weight excluding hydrogens is 461 g/mol. The summed E-state index contributed by atoms with van der Waals surface area (Å²) < 4.78 is 8.62. The smallest absolute Gasteiger partial charge is 0.332 e. The SMILES string of the molecule is C[C@@H](OC(=O)Cn1cnc2c1c(=O)n(C)c(=O)n2C)C(=O)N[C@H](C)c1ccc(Cl)cc1Cl. The lowest BCUT2D eigenvalue weighted by molar-refractivity contribution is -0.155. The fraction of sp³-hybridized carbons (Fsp3) is 0.350. The van der Waals surface area contributed by atoms with E-state index in [0.29, 0.717) is 15.6 Å². The topological polar surface area (TPSA) is 117 Å². The standard InChI is InChI=1S/C20H21Cl2N5O5/c1-10(13-6-5-12(21)7-14(13)22)24-18(29)11(2)32-15(28)8-27-9-23-17-16(27)19(30)26(4)20(31)25(17)3/h5-7,9-11H,8H2,1-4H3,(H,24,29)/t10-,11-/m1/s1. The van der Waals surface area contributed by atoms with E-state index in [0.717, 1.165) is 4.57 Å². The van der Waals surface area contributed by atoms with E-state index < -0.39 is 35.3 Å². The molecule has 2 heterocycles. The number of carbonyl (C=O) groups excluding carboxylic acids is 2. The number of benzene rings is 1. The molecule has 0 bridgehead atoms. The van der Waals surface area contributed by atoms with Crippen LogP contribution >= 0.6 is 23.2 Å². The molecule has 0 radical (unpaired) electrons. The van der Waals surface area contributed by atoms with Gasteiger partial charge in [0.05, 0.1) is 12.4 Å². The third kappa shape index (κ3) is 4.56. The van der Waals surface area contributed by atoms with Crippen molar-refractivity contribution < 1.29 is 14.3 Å². The van der Waals surface area contributed by atoms with Crippen LogP contribution in [0.1, 0.15) is 25.5 Å². The number of rotatable bonds is 6. The molecule has 2 atom stereocenters. The Bertz CT molecular complexity index is 1330. The lowest BCUT2D eigenvalue weighted by atomic mass is 10.1. The third-order valence-electron chi connectivity index (χ3n) is 4.98. The van der Waals surface area contributed by atoms with Gasteiger partial charge in [-0.25, -0.2) is 9.78 Å². The molecule has 0 aliphatic rings. The summed E-state index contributed by atoms with van der Waals surface area (Å²) in [5.74, 6) is -1.27. The normalized spacial score (nSPS) is 13.1. The lowest BCUT2D eigenvalue weighted by Crippen LogP contribution is -2.39. The number of aryl methyl sites for hydroxylation is 1. The maximum atomic E-state index is 12.5. The van der Waals surface area contributed by atoms with Crippen molar-refractivity contribution in [1.29, 1.82) is 0 Å². The molecule has 2 aromatic heterocycles. The summed E-state index contributed by atoms with van der Waals surface area (Å²) in [5.41, 5.74) is -0.238. The highest BCUT2D eigenvalue weighted by molar-refractivity contribution is 6.35. The Morgan fingerprint density at radius 2 is 1.84 bits per heavy atom. The molecule has 0 aliphatic carbocycles. The number of fused-ring (bicyclic) bond motifs is 1. The zero-order chi connectivity index (χ0) is 23.7. The van der Waals surface area contributed by atoms with Crippen LogP contribution in [0.4, 0.5) is 0 Å². The summed E-state index contributed by atoms with van der Waals surface area (Å²) in [5, 5.41) is 3.60. The Hall–Kier alpha value is -3.11. The summed E-state index contributed by atoms with van der Waals surface area (Å²) >= 11 is 12.1. The summed E-state index contributed by atoms with van der Waals surface area (Å²) in [6.45, 7) is 2.80. The number of ether oxygens (including phenoxy) is 1. The van der Waals surface area contributed by atoms with Crippen molar-refractivity contribution in [2.45, 2.75) is 32.5 Å². The highest BCUT2D eigenvalue weighted by atomic mass is 35.5. The number of aromatic nitrogens is 4. The largest absolute Gasteiger partial charge is 0.451 e. The van der Waals surface area contributed by atoms with Crippen LogP contribution in [0.25, 0.3) is 11.2 Å². The second-order valence-corrected chi connectivity index (χ2v) is 8.12. The van der Waals surface area contributed by atoms with Crippen molar-refractivity contribution in [3.8, 4) is 0 Å². The van der Waals surface area contributed by atoms with Crippen LogP contribution in [0.3, 0.4) is 0 Å². The number of carbonyl (C=O) groups is 2. The van der Waals surface area contributed by atoms with Crippen LogP contribution in [0.5, 0.6) is 0 Å². The molecule has 0 spiro atoms.